The van der Waals surface area contributed by atoms with E-state index in [1.54, 1.807) is 0 Å². The average Bonchev–Trinajstić information content (AvgIpc) is 2.63. The smallest absolute Gasteiger partial charge is 0.418 e. The highest BCUT2D eigenvalue weighted by Crippen LogP contribution is 2.34. The molecule has 0 aliphatic heterocycles. The van der Waals surface area contributed by atoms with E-state index in [0.717, 1.165) is 18.2 Å². The van der Waals surface area contributed by atoms with Crippen LogP contribution in [0.4, 0.5) is 13.2 Å². The van der Waals surface area contributed by atoms with Crippen LogP contribution < -0.4 is 5.56 Å². The quantitative estimate of drug-likeness (QED) is 0.782. The number of rotatable bonds is 2. The minimum Gasteiger partial charge on any atom is -0.493 e. The minimum atomic E-state index is -4.73. The van der Waals surface area contributed by atoms with Gasteiger partial charge in [0, 0.05) is 0 Å². The first-order valence-corrected chi connectivity index (χ1v) is 5.17. The highest BCUT2D eigenvalue weighted by molar-refractivity contribution is 5.90. The van der Waals surface area contributed by atoms with Crippen molar-refractivity contribution >= 4 is 5.97 Å². The first-order valence-electron chi connectivity index (χ1n) is 5.17. The monoisotopic (exact) mass is 288 g/mol. The summed E-state index contributed by atoms with van der Waals surface area (Å²) in [6, 6.07) is 4.11. The number of hydrogen-bond donors (Lipinski definition) is 3. The molecule has 0 unspecified atom stereocenters. The van der Waals surface area contributed by atoms with Gasteiger partial charge in [-0.15, -0.1) is 0 Å². The summed E-state index contributed by atoms with van der Waals surface area (Å²) < 4.78 is 38.9. The summed E-state index contributed by atoms with van der Waals surface area (Å²) in [5.74, 6) is -2.84. The number of nitrogens with one attached hydrogen (secondary N) is 1. The summed E-state index contributed by atoms with van der Waals surface area (Å²) in [6.45, 7) is 0. The maximum absolute atomic E-state index is 12.8. The molecule has 2 aromatic rings. The van der Waals surface area contributed by atoms with Crippen LogP contribution in [0.3, 0.4) is 0 Å². The summed E-state index contributed by atoms with van der Waals surface area (Å²) in [5.41, 5.74) is -3.94. The SMILES string of the molecule is O=C(O)c1c(O)n(-c2ccccc2C(F)(F)F)[nH]c1=O. The van der Waals surface area contributed by atoms with Crippen LogP contribution in [0.2, 0.25) is 0 Å². The normalized spacial score (nSPS) is 11.6. The lowest BCUT2D eigenvalue weighted by Gasteiger charge is -2.13. The largest absolute Gasteiger partial charge is 0.493 e. The molecule has 9 heteroatoms. The second kappa shape index (κ2) is 4.44. The second-order valence-corrected chi connectivity index (χ2v) is 3.80. The van der Waals surface area contributed by atoms with Crippen molar-refractivity contribution in [1.29, 1.82) is 0 Å². The Hall–Kier alpha value is -2.71. The number of nitrogens with zero attached hydrogens (tertiary/aromatic N) is 1. The molecule has 3 N–H and O–H groups in total. The molecule has 0 saturated carbocycles. The molecule has 0 aliphatic rings. The van der Waals surface area contributed by atoms with E-state index >= 15 is 0 Å². The van der Waals surface area contributed by atoms with Gasteiger partial charge in [-0.25, -0.2) is 9.48 Å². The lowest BCUT2D eigenvalue weighted by Crippen LogP contribution is -2.13. The van der Waals surface area contributed by atoms with Crippen LogP contribution in [-0.2, 0) is 6.18 Å². The second-order valence-electron chi connectivity index (χ2n) is 3.80. The molecule has 0 aliphatic carbocycles. The molecule has 0 saturated heterocycles. The Morgan fingerprint density at radius 1 is 1.25 bits per heavy atom. The van der Waals surface area contributed by atoms with Gasteiger partial charge in [0.25, 0.3) is 5.56 Å². The number of alkyl halides is 3. The maximum Gasteiger partial charge on any atom is 0.418 e. The summed E-state index contributed by atoms with van der Waals surface area (Å²) >= 11 is 0. The molecule has 20 heavy (non-hydrogen) atoms. The number of carbonyl (C=O) groups is 1. The fourth-order valence-corrected chi connectivity index (χ4v) is 1.70. The van der Waals surface area contributed by atoms with Crippen molar-refractivity contribution in [3.8, 4) is 11.6 Å². The van der Waals surface area contributed by atoms with Crippen LogP contribution in [0.15, 0.2) is 29.1 Å². The van der Waals surface area contributed by atoms with E-state index in [4.69, 9.17) is 5.11 Å². The number of carboxylic acid groups (broad SMARTS) is 1. The summed E-state index contributed by atoms with van der Waals surface area (Å²) in [5, 5.41) is 20.2. The predicted octanol–water partition coefficient (Wildman–Crippen LogP) is 1.59. The van der Waals surface area contributed by atoms with Gasteiger partial charge < -0.3 is 10.2 Å². The number of carboxylic acids is 1. The maximum atomic E-state index is 12.8. The van der Waals surface area contributed by atoms with E-state index in [9.17, 15) is 27.9 Å². The molecule has 0 radical (unpaired) electrons. The molecule has 0 spiro atoms. The third kappa shape index (κ3) is 2.13. The van der Waals surface area contributed by atoms with Gasteiger partial charge in [-0.2, -0.15) is 13.2 Å². The Bertz CT molecular complexity index is 730. The van der Waals surface area contributed by atoms with E-state index in [1.165, 1.54) is 6.07 Å². The number of aromatic amines is 1. The van der Waals surface area contributed by atoms with E-state index in [2.05, 4.69) is 0 Å². The summed E-state index contributed by atoms with van der Waals surface area (Å²) in [7, 11) is 0. The number of hydrogen-bond acceptors (Lipinski definition) is 3. The zero-order valence-corrected chi connectivity index (χ0v) is 9.60. The number of benzene rings is 1. The molecule has 6 nitrogen and oxygen atoms in total. The van der Waals surface area contributed by atoms with Crippen LogP contribution in [0, 0.1) is 0 Å². The van der Waals surface area contributed by atoms with Gasteiger partial charge in [0.2, 0.25) is 5.88 Å². The minimum absolute atomic E-state index is 0.384. The predicted molar refractivity (Wildman–Crippen MR) is 60.0 cm³/mol. The Labute approximate surface area is 108 Å². The van der Waals surface area contributed by atoms with Crippen LogP contribution in [0.5, 0.6) is 5.88 Å². The molecule has 0 amide bonds. The van der Waals surface area contributed by atoms with E-state index < -0.39 is 40.4 Å². The number of halogens is 3. The summed E-state index contributed by atoms with van der Waals surface area (Å²) in [6.07, 6.45) is -4.73. The van der Waals surface area contributed by atoms with Crippen LogP contribution in [0.25, 0.3) is 5.69 Å². The standard InChI is InChI=1S/C11H7F3N2O4/c12-11(13,14)5-3-1-2-4-6(5)16-9(18)7(10(19)20)8(17)15-16/h1-4,18H,(H,15,17)(H,19,20). The molecule has 0 atom stereocenters. The van der Waals surface area contributed by atoms with Crippen molar-refractivity contribution in [2.45, 2.75) is 6.18 Å². The molecule has 1 aromatic heterocycles. The highest BCUT2D eigenvalue weighted by Gasteiger charge is 2.35. The van der Waals surface area contributed by atoms with Crippen molar-refractivity contribution < 1.29 is 28.2 Å². The van der Waals surface area contributed by atoms with E-state index in [0.29, 0.717) is 4.68 Å². The number of H-pyrrole nitrogens is 1. The molecular formula is C11H7F3N2O4. The molecule has 2 rings (SSSR count). The molecule has 106 valence electrons. The zero-order valence-electron chi connectivity index (χ0n) is 9.60. The van der Waals surface area contributed by atoms with E-state index in [1.807, 2.05) is 5.10 Å². The summed E-state index contributed by atoms with van der Waals surface area (Å²) in [4.78, 5) is 22.1. The molecule has 0 bridgehead atoms. The van der Waals surface area contributed by atoms with Gasteiger partial charge in [-0.1, -0.05) is 12.1 Å². The van der Waals surface area contributed by atoms with Crippen molar-refractivity contribution in [2.24, 2.45) is 0 Å². The van der Waals surface area contributed by atoms with Crippen molar-refractivity contribution in [3.05, 3.63) is 45.7 Å². The molecule has 1 heterocycles. The molecule has 0 fully saturated rings. The van der Waals surface area contributed by atoms with Crippen LogP contribution in [-0.4, -0.2) is 26.0 Å². The van der Waals surface area contributed by atoms with Gasteiger partial charge in [0.15, 0.2) is 5.56 Å². The van der Waals surface area contributed by atoms with Crippen LogP contribution >= 0.6 is 0 Å². The van der Waals surface area contributed by atoms with Gasteiger partial charge in [0.1, 0.15) is 0 Å². The van der Waals surface area contributed by atoms with Crippen LogP contribution in [0.1, 0.15) is 15.9 Å². The number of para-hydroxylation sites is 1. The fraction of sp³-hybridized carbons (Fsp3) is 0.0909. The third-order valence-electron chi connectivity index (χ3n) is 2.54. The average molecular weight is 288 g/mol. The Morgan fingerprint density at radius 2 is 1.85 bits per heavy atom. The highest BCUT2D eigenvalue weighted by atomic mass is 19.4. The first-order chi connectivity index (χ1) is 9.23. The lowest BCUT2D eigenvalue weighted by atomic mass is 10.1. The fourth-order valence-electron chi connectivity index (χ4n) is 1.70. The zero-order chi connectivity index (χ0) is 15.1. The van der Waals surface area contributed by atoms with Gasteiger partial charge in [-0.3, -0.25) is 9.89 Å². The van der Waals surface area contributed by atoms with Crippen molar-refractivity contribution in [3.63, 3.8) is 0 Å². The van der Waals surface area contributed by atoms with Gasteiger partial charge in [-0.05, 0) is 12.1 Å². The lowest BCUT2D eigenvalue weighted by molar-refractivity contribution is -0.137. The molecular weight excluding hydrogens is 281 g/mol. The van der Waals surface area contributed by atoms with Crippen molar-refractivity contribution in [2.75, 3.05) is 0 Å². The first kappa shape index (κ1) is 13.7. The number of aromatic hydroxyl groups is 1. The Kier molecular flexibility index (Phi) is 3.04. The topological polar surface area (TPSA) is 95.3 Å². The van der Waals surface area contributed by atoms with Gasteiger partial charge >= 0.3 is 12.1 Å². The Morgan fingerprint density at radius 3 is 2.35 bits per heavy atom. The number of aromatic carboxylic acids is 1. The Balaban J connectivity index is 2.74. The van der Waals surface area contributed by atoms with Gasteiger partial charge in [0.05, 0.1) is 11.3 Å². The van der Waals surface area contributed by atoms with Crippen molar-refractivity contribution in [1.82, 2.24) is 9.78 Å². The number of aromatic nitrogens is 2. The third-order valence-corrected chi connectivity index (χ3v) is 2.54. The molecule has 1 aromatic carbocycles. The van der Waals surface area contributed by atoms with E-state index in [-0.39, 0.29) is 0 Å².